The van der Waals surface area contributed by atoms with E-state index in [2.05, 4.69) is 15.5 Å². The number of aromatic nitrogens is 3. The Morgan fingerprint density at radius 1 is 1.36 bits per heavy atom. The fourth-order valence-electron chi connectivity index (χ4n) is 2.81. The first-order valence-corrected chi connectivity index (χ1v) is 8.69. The highest BCUT2D eigenvalue weighted by Crippen LogP contribution is 2.20. The number of hydrogen-bond acceptors (Lipinski definition) is 6. The molecule has 0 unspecified atom stereocenters. The van der Waals surface area contributed by atoms with Crippen molar-refractivity contribution in [2.24, 2.45) is 0 Å². The highest BCUT2D eigenvalue weighted by atomic mass is 32.1. The van der Waals surface area contributed by atoms with Crippen molar-refractivity contribution >= 4 is 11.3 Å². The fraction of sp³-hybridized carbons (Fsp3) is 0.667. The number of rotatable bonds is 4. The van der Waals surface area contributed by atoms with Crippen LogP contribution < -0.4 is 10.2 Å². The van der Waals surface area contributed by atoms with Gasteiger partial charge in [-0.25, -0.2) is 0 Å². The Labute approximate surface area is 133 Å². The third-order valence-corrected chi connectivity index (χ3v) is 5.28. The minimum absolute atomic E-state index is 0.0835. The molecule has 0 bridgehead atoms. The van der Waals surface area contributed by atoms with Gasteiger partial charge >= 0.3 is 4.87 Å². The predicted octanol–water partition coefficient (Wildman–Crippen LogP) is 2.36. The van der Waals surface area contributed by atoms with E-state index in [4.69, 9.17) is 4.52 Å². The molecule has 120 valence electrons. The van der Waals surface area contributed by atoms with Crippen LogP contribution in [0.25, 0.3) is 0 Å². The van der Waals surface area contributed by atoms with Gasteiger partial charge in [-0.2, -0.15) is 4.98 Å². The highest BCUT2D eigenvalue weighted by molar-refractivity contribution is 7.09. The third-order valence-electron chi connectivity index (χ3n) is 4.28. The van der Waals surface area contributed by atoms with E-state index in [9.17, 15) is 4.79 Å². The Kier molecular flexibility index (Phi) is 4.73. The van der Waals surface area contributed by atoms with Crippen molar-refractivity contribution in [1.82, 2.24) is 20.0 Å². The van der Waals surface area contributed by atoms with Crippen molar-refractivity contribution in [3.8, 4) is 0 Å². The lowest BCUT2D eigenvalue weighted by Gasteiger charge is -2.09. The van der Waals surface area contributed by atoms with Crippen LogP contribution in [0.5, 0.6) is 0 Å². The zero-order valence-corrected chi connectivity index (χ0v) is 13.9. The number of nitrogens with zero attached hydrogens (tertiary/aromatic N) is 3. The SMILES string of the molecule is Cc1sc(=O)n(CCc2nc([C@@H]3CCCCCN3)no2)c1C. The molecule has 0 spiro atoms. The number of nitrogens with one attached hydrogen (secondary N) is 1. The summed E-state index contributed by atoms with van der Waals surface area (Å²) in [7, 11) is 0. The lowest BCUT2D eigenvalue weighted by molar-refractivity contribution is 0.358. The first-order chi connectivity index (χ1) is 10.6. The van der Waals surface area contributed by atoms with Gasteiger partial charge in [-0.3, -0.25) is 4.79 Å². The molecule has 7 heteroatoms. The second-order valence-electron chi connectivity index (χ2n) is 5.81. The van der Waals surface area contributed by atoms with E-state index in [1.807, 2.05) is 13.8 Å². The Balaban J connectivity index is 1.65. The minimum atomic E-state index is 0.0835. The summed E-state index contributed by atoms with van der Waals surface area (Å²) in [5.41, 5.74) is 1.03. The molecule has 1 saturated heterocycles. The zero-order valence-electron chi connectivity index (χ0n) is 13.1. The van der Waals surface area contributed by atoms with Crippen molar-refractivity contribution in [2.75, 3.05) is 6.54 Å². The molecule has 1 aliphatic heterocycles. The van der Waals surface area contributed by atoms with E-state index >= 15 is 0 Å². The summed E-state index contributed by atoms with van der Waals surface area (Å²) in [5.74, 6) is 1.36. The van der Waals surface area contributed by atoms with Crippen LogP contribution >= 0.6 is 11.3 Å². The summed E-state index contributed by atoms with van der Waals surface area (Å²) < 4.78 is 7.14. The summed E-state index contributed by atoms with van der Waals surface area (Å²) in [5, 5.41) is 7.58. The smallest absolute Gasteiger partial charge is 0.307 e. The van der Waals surface area contributed by atoms with Gasteiger partial charge in [0.1, 0.15) is 0 Å². The number of thiazole rings is 1. The van der Waals surface area contributed by atoms with E-state index in [1.54, 1.807) is 4.57 Å². The van der Waals surface area contributed by atoms with Crippen LogP contribution in [0.15, 0.2) is 9.32 Å². The van der Waals surface area contributed by atoms with Crippen molar-refractivity contribution in [3.05, 3.63) is 32.0 Å². The summed E-state index contributed by atoms with van der Waals surface area (Å²) in [6, 6.07) is 0.202. The van der Waals surface area contributed by atoms with Gasteiger partial charge in [0.15, 0.2) is 5.82 Å². The molecule has 1 aliphatic rings. The van der Waals surface area contributed by atoms with Gasteiger partial charge in [-0.05, 0) is 33.2 Å². The monoisotopic (exact) mass is 322 g/mol. The Hall–Kier alpha value is -1.47. The minimum Gasteiger partial charge on any atom is -0.339 e. The largest absolute Gasteiger partial charge is 0.339 e. The van der Waals surface area contributed by atoms with Gasteiger partial charge < -0.3 is 14.4 Å². The molecule has 3 heterocycles. The van der Waals surface area contributed by atoms with Crippen molar-refractivity contribution in [3.63, 3.8) is 0 Å². The molecule has 6 nitrogen and oxygen atoms in total. The van der Waals surface area contributed by atoms with Crippen LogP contribution in [0.2, 0.25) is 0 Å². The Bertz CT molecular complexity index is 680. The summed E-state index contributed by atoms with van der Waals surface area (Å²) in [4.78, 5) is 17.5. The molecule has 0 saturated carbocycles. The summed E-state index contributed by atoms with van der Waals surface area (Å²) in [6.45, 7) is 5.55. The van der Waals surface area contributed by atoms with Gasteiger partial charge in [0, 0.05) is 23.5 Å². The quantitative estimate of drug-likeness (QED) is 0.935. The molecule has 0 radical (unpaired) electrons. The molecule has 0 aromatic carbocycles. The second-order valence-corrected chi connectivity index (χ2v) is 6.98. The average molecular weight is 322 g/mol. The van der Waals surface area contributed by atoms with Crippen LogP contribution in [-0.4, -0.2) is 21.3 Å². The molecule has 0 amide bonds. The zero-order chi connectivity index (χ0) is 15.5. The molecule has 1 atom stereocenters. The van der Waals surface area contributed by atoms with Crippen molar-refractivity contribution in [1.29, 1.82) is 0 Å². The summed E-state index contributed by atoms with van der Waals surface area (Å²) >= 11 is 1.29. The maximum Gasteiger partial charge on any atom is 0.307 e. The van der Waals surface area contributed by atoms with Crippen molar-refractivity contribution < 1.29 is 4.52 Å². The highest BCUT2D eigenvalue weighted by Gasteiger charge is 2.19. The van der Waals surface area contributed by atoms with E-state index in [0.29, 0.717) is 18.9 Å². The normalized spacial score (nSPS) is 19.3. The maximum atomic E-state index is 11.9. The first kappa shape index (κ1) is 15.4. The van der Waals surface area contributed by atoms with Crippen LogP contribution in [-0.2, 0) is 13.0 Å². The third kappa shape index (κ3) is 3.30. The molecule has 22 heavy (non-hydrogen) atoms. The van der Waals surface area contributed by atoms with E-state index in [1.165, 1.54) is 30.6 Å². The van der Waals surface area contributed by atoms with Gasteiger partial charge in [-0.1, -0.05) is 29.3 Å². The molecule has 1 fully saturated rings. The fourth-order valence-corrected chi connectivity index (χ4v) is 3.67. The summed E-state index contributed by atoms with van der Waals surface area (Å²) in [6.07, 6.45) is 5.32. The van der Waals surface area contributed by atoms with Crippen LogP contribution in [0.1, 0.15) is 54.0 Å². The molecule has 2 aromatic rings. The van der Waals surface area contributed by atoms with Crippen molar-refractivity contribution in [2.45, 2.75) is 58.5 Å². The van der Waals surface area contributed by atoms with E-state index < -0.39 is 0 Å². The Morgan fingerprint density at radius 3 is 3.00 bits per heavy atom. The molecular formula is C15H22N4O2S. The topological polar surface area (TPSA) is 73.0 Å². The van der Waals surface area contributed by atoms with E-state index in [-0.39, 0.29) is 10.9 Å². The second kappa shape index (κ2) is 6.75. The van der Waals surface area contributed by atoms with Gasteiger partial charge in [0.25, 0.3) is 0 Å². The average Bonchev–Trinajstić information content (AvgIpc) is 2.92. The molecule has 3 rings (SSSR count). The van der Waals surface area contributed by atoms with Crippen LogP contribution in [0.3, 0.4) is 0 Å². The molecule has 2 aromatic heterocycles. The molecule has 0 aliphatic carbocycles. The van der Waals surface area contributed by atoms with Crippen LogP contribution in [0, 0.1) is 13.8 Å². The van der Waals surface area contributed by atoms with E-state index in [0.717, 1.165) is 29.4 Å². The number of hydrogen-bond donors (Lipinski definition) is 1. The lowest BCUT2D eigenvalue weighted by Crippen LogP contribution is -2.21. The number of aryl methyl sites for hydroxylation is 2. The van der Waals surface area contributed by atoms with Gasteiger partial charge in [-0.15, -0.1) is 0 Å². The molecule has 1 N–H and O–H groups in total. The lowest BCUT2D eigenvalue weighted by atomic mass is 10.1. The molecular weight excluding hydrogens is 300 g/mol. The Morgan fingerprint density at radius 2 is 2.23 bits per heavy atom. The standard InChI is InChI=1S/C15H22N4O2S/c1-10-11(2)22-15(20)19(10)9-7-13-17-14(18-21-13)12-6-4-3-5-8-16-12/h12,16H,3-9H2,1-2H3/t12-/m0/s1. The maximum absolute atomic E-state index is 11.9. The van der Waals surface area contributed by atoms with Gasteiger partial charge in [0.05, 0.1) is 6.04 Å². The van der Waals surface area contributed by atoms with Gasteiger partial charge in [0.2, 0.25) is 5.89 Å². The van der Waals surface area contributed by atoms with Crippen LogP contribution in [0.4, 0.5) is 0 Å². The first-order valence-electron chi connectivity index (χ1n) is 7.88. The predicted molar refractivity (Wildman–Crippen MR) is 85.3 cm³/mol.